The van der Waals surface area contributed by atoms with E-state index in [0.29, 0.717) is 29.8 Å². The average molecular weight is 348 g/mol. The third-order valence-corrected chi connectivity index (χ3v) is 4.17. The van der Waals surface area contributed by atoms with E-state index in [1.807, 2.05) is 12.1 Å². The van der Waals surface area contributed by atoms with Crippen molar-refractivity contribution >= 4 is 11.7 Å². The Labute approximate surface area is 149 Å². The summed E-state index contributed by atoms with van der Waals surface area (Å²) in [5.41, 5.74) is 1.52. The Balaban J connectivity index is 2.54. The quantitative estimate of drug-likeness (QED) is 0.575. The van der Waals surface area contributed by atoms with Gasteiger partial charge in [0.15, 0.2) is 11.5 Å². The molecule has 1 aliphatic rings. The van der Waals surface area contributed by atoms with Crippen LogP contribution in [-0.4, -0.2) is 32.4 Å². The van der Waals surface area contributed by atoms with Crippen LogP contribution in [0.1, 0.15) is 45.2 Å². The van der Waals surface area contributed by atoms with Gasteiger partial charge in [-0.2, -0.15) is 0 Å². The van der Waals surface area contributed by atoms with E-state index in [1.165, 1.54) is 6.08 Å². The lowest BCUT2D eigenvalue weighted by Crippen LogP contribution is -2.36. The van der Waals surface area contributed by atoms with Crippen LogP contribution >= 0.6 is 0 Å². The predicted molar refractivity (Wildman–Crippen MR) is 96.8 cm³/mol. The molecular formula is C20H28O5. The normalized spacial score (nSPS) is 20.8. The highest BCUT2D eigenvalue weighted by molar-refractivity contribution is 5.90. The number of methoxy groups -OCH3 is 2. The van der Waals surface area contributed by atoms with Crippen molar-refractivity contribution in [1.29, 1.82) is 0 Å². The third kappa shape index (κ3) is 4.47. The van der Waals surface area contributed by atoms with E-state index in [0.717, 1.165) is 24.0 Å². The zero-order valence-electron chi connectivity index (χ0n) is 16.0. The Morgan fingerprint density at radius 2 is 1.92 bits per heavy atom. The molecule has 1 heterocycles. The van der Waals surface area contributed by atoms with Gasteiger partial charge in [0.2, 0.25) is 0 Å². The van der Waals surface area contributed by atoms with Gasteiger partial charge in [-0.1, -0.05) is 13.8 Å². The van der Waals surface area contributed by atoms with Crippen molar-refractivity contribution in [2.24, 2.45) is 5.92 Å². The monoisotopic (exact) mass is 348 g/mol. The van der Waals surface area contributed by atoms with Crippen LogP contribution in [0.3, 0.4) is 0 Å². The molecular weight excluding hydrogens is 320 g/mol. The molecule has 0 radical (unpaired) electrons. The van der Waals surface area contributed by atoms with Gasteiger partial charge in [-0.25, -0.2) is 4.79 Å². The Kier molecular flexibility index (Phi) is 5.98. The van der Waals surface area contributed by atoms with E-state index < -0.39 is 5.97 Å². The van der Waals surface area contributed by atoms with E-state index in [-0.39, 0.29) is 5.60 Å². The first kappa shape index (κ1) is 19.2. The number of hydrogen-bond donors (Lipinski definition) is 0. The fraction of sp³-hybridized carbons (Fsp3) is 0.550. The first-order chi connectivity index (χ1) is 11.8. The molecule has 0 aliphatic carbocycles. The first-order valence-electron chi connectivity index (χ1n) is 8.64. The minimum atomic E-state index is -0.410. The summed E-state index contributed by atoms with van der Waals surface area (Å²) in [6.07, 6.45) is 3.04. The van der Waals surface area contributed by atoms with Crippen LogP contribution in [0.25, 0.3) is 5.76 Å². The van der Waals surface area contributed by atoms with Crippen LogP contribution in [0.2, 0.25) is 0 Å². The SMILES string of the molecule is CCOC(=O)/C=C1/OC(C)(CC(C)C)Cc2cc(OC)c(OC)cc21. The lowest BCUT2D eigenvalue weighted by molar-refractivity contribution is -0.137. The molecule has 1 unspecified atom stereocenters. The molecule has 1 aromatic carbocycles. The number of carbonyl (C=O) groups excluding carboxylic acids is 1. The topological polar surface area (TPSA) is 54.0 Å². The maximum atomic E-state index is 12.0. The second-order valence-electron chi connectivity index (χ2n) is 6.95. The molecule has 1 aliphatic heterocycles. The molecule has 0 N–H and O–H groups in total. The fourth-order valence-corrected chi connectivity index (χ4v) is 3.43. The van der Waals surface area contributed by atoms with Crippen molar-refractivity contribution in [2.45, 2.75) is 46.1 Å². The van der Waals surface area contributed by atoms with Crippen molar-refractivity contribution in [3.05, 3.63) is 29.3 Å². The van der Waals surface area contributed by atoms with Crippen molar-refractivity contribution < 1.29 is 23.7 Å². The summed E-state index contributed by atoms with van der Waals surface area (Å²) in [4.78, 5) is 12.0. The van der Waals surface area contributed by atoms with Crippen molar-refractivity contribution in [3.63, 3.8) is 0 Å². The first-order valence-corrected chi connectivity index (χ1v) is 8.64. The Hall–Kier alpha value is -2.17. The summed E-state index contributed by atoms with van der Waals surface area (Å²) >= 11 is 0. The van der Waals surface area contributed by atoms with Crippen LogP contribution in [0.15, 0.2) is 18.2 Å². The zero-order valence-corrected chi connectivity index (χ0v) is 16.0. The minimum Gasteiger partial charge on any atom is -0.493 e. The second-order valence-corrected chi connectivity index (χ2v) is 6.95. The molecule has 2 rings (SSSR count). The Morgan fingerprint density at radius 3 is 2.48 bits per heavy atom. The predicted octanol–water partition coefficient (Wildman–Crippen LogP) is 3.99. The third-order valence-electron chi connectivity index (χ3n) is 4.17. The lowest BCUT2D eigenvalue weighted by Gasteiger charge is -2.38. The second kappa shape index (κ2) is 7.81. The molecule has 0 bridgehead atoms. The van der Waals surface area contributed by atoms with Gasteiger partial charge in [0.25, 0.3) is 0 Å². The minimum absolute atomic E-state index is 0.324. The van der Waals surface area contributed by atoms with E-state index in [2.05, 4.69) is 20.8 Å². The number of ether oxygens (including phenoxy) is 4. The van der Waals surface area contributed by atoms with Gasteiger partial charge in [0, 0.05) is 12.0 Å². The molecule has 0 aromatic heterocycles. The van der Waals surface area contributed by atoms with Crippen molar-refractivity contribution in [2.75, 3.05) is 20.8 Å². The molecule has 0 saturated carbocycles. The summed E-state index contributed by atoms with van der Waals surface area (Å²) < 4.78 is 22.1. The highest BCUT2D eigenvalue weighted by atomic mass is 16.5. The fourth-order valence-electron chi connectivity index (χ4n) is 3.43. The highest BCUT2D eigenvalue weighted by Crippen LogP contribution is 2.43. The van der Waals surface area contributed by atoms with Gasteiger partial charge in [-0.15, -0.1) is 0 Å². The zero-order chi connectivity index (χ0) is 18.6. The number of esters is 1. The summed E-state index contributed by atoms with van der Waals surface area (Å²) in [7, 11) is 3.21. The number of hydrogen-bond acceptors (Lipinski definition) is 5. The Bertz CT molecular complexity index is 662. The van der Waals surface area contributed by atoms with E-state index in [4.69, 9.17) is 18.9 Å². The molecule has 5 heteroatoms. The smallest absolute Gasteiger partial charge is 0.334 e. The lowest BCUT2D eigenvalue weighted by atomic mass is 9.83. The van der Waals surface area contributed by atoms with Gasteiger partial charge in [0.05, 0.1) is 26.9 Å². The van der Waals surface area contributed by atoms with Crippen LogP contribution in [0.4, 0.5) is 0 Å². The van der Waals surface area contributed by atoms with Gasteiger partial charge in [0.1, 0.15) is 11.4 Å². The van der Waals surface area contributed by atoms with Gasteiger partial charge in [-0.3, -0.25) is 0 Å². The van der Waals surface area contributed by atoms with Gasteiger partial charge >= 0.3 is 5.97 Å². The average Bonchev–Trinajstić information content (AvgIpc) is 2.52. The molecule has 0 spiro atoms. The largest absolute Gasteiger partial charge is 0.493 e. The highest BCUT2D eigenvalue weighted by Gasteiger charge is 2.36. The van der Waals surface area contributed by atoms with Crippen LogP contribution in [0, 0.1) is 5.92 Å². The molecule has 1 atom stereocenters. The molecule has 5 nitrogen and oxygen atoms in total. The summed E-state index contributed by atoms with van der Waals surface area (Å²) in [5, 5.41) is 0. The molecule has 0 amide bonds. The standard InChI is InChI=1S/C20H28O5/c1-7-24-19(21)10-16-15-9-18(23-6)17(22-5)8-14(15)12-20(4,25-16)11-13(2)3/h8-10,13H,7,11-12H2,1-6H3/b16-10+. The maximum absolute atomic E-state index is 12.0. The van der Waals surface area contributed by atoms with Crippen LogP contribution in [-0.2, 0) is 20.7 Å². The molecule has 138 valence electrons. The molecule has 0 saturated heterocycles. The summed E-state index contributed by atoms with van der Waals surface area (Å²) in [6, 6.07) is 3.82. The van der Waals surface area contributed by atoms with Crippen LogP contribution in [0.5, 0.6) is 11.5 Å². The maximum Gasteiger partial charge on any atom is 0.334 e. The molecule has 25 heavy (non-hydrogen) atoms. The molecule has 1 aromatic rings. The summed E-state index contributed by atoms with van der Waals surface area (Å²) in [5.74, 6) is 1.85. The van der Waals surface area contributed by atoms with Crippen molar-refractivity contribution in [1.82, 2.24) is 0 Å². The number of carbonyl (C=O) groups is 1. The van der Waals surface area contributed by atoms with E-state index in [1.54, 1.807) is 21.1 Å². The van der Waals surface area contributed by atoms with Crippen LogP contribution < -0.4 is 9.47 Å². The Morgan fingerprint density at radius 1 is 1.28 bits per heavy atom. The molecule has 0 fully saturated rings. The van der Waals surface area contributed by atoms with Gasteiger partial charge < -0.3 is 18.9 Å². The number of fused-ring (bicyclic) bond motifs is 1. The van der Waals surface area contributed by atoms with Crippen molar-refractivity contribution in [3.8, 4) is 11.5 Å². The summed E-state index contributed by atoms with van der Waals surface area (Å²) in [6.45, 7) is 8.50. The number of rotatable bonds is 6. The van der Waals surface area contributed by atoms with E-state index in [9.17, 15) is 4.79 Å². The van der Waals surface area contributed by atoms with Gasteiger partial charge in [-0.05, 0) is 43.9 Å². The van der Waals surface area contributed by atoms with E-state index >= 15 is 0 Å². The number of benzene rings is 1.